The second kappa shape index (κ2) is 7.48. The average Bonchev–Trinajstić information content (AvgIpc) is 2.64. The second-order valence-electron chi connectivity index (χ2n) is 8.87. The maximum atomic E-state index is 12.9. The molecule has 2 amide bonds. The van der Waals surface area contributed by atoms with Gasteiger partial charge in [0.2, 0.25) is 5.91 Å². The molecule has 30 heavy (non-hydrogen) atoms. The van der Waals surface area contributed by atoms with E-state index < -0.39 is 11.6 Å². The molecule has 2 aromatic rings. The molecule has 0 unspecified atom stereocenters. The van der Waals surface area contributed by atoms with Gasteiger partial charge >= 0.3 is 5.97 Å². The zero-order chi connectivity index (χ0) is 22.3. The third-order valence-corrected chi connectivity index (χ3v) is 4.96. The summed E-state index contributed by atoms with van der Waals surface area (Å²) in [6, 6.07) is 11.8. The zero-order valence-electron chi connectivity index (χ0n) is 17.8. The minimum absolute atomic E-state index is 0.00680. The topological polar surface area (TPSA) is 95.9 Å². The quantitative estimate of drug-likeness (QED) is 0.799. The molecule has 0 radical (unpaired) electrons. The van der Waals surface area contributed by atoms with E-state index in [2.05, 4.69) is 26.1 Å². The van der Waals surface area contributed by atoms with Crippen LogP contribution in [-0.4, -0.2) is 35.0 Å². The molecular formula is C23H26N2O5. The first-order valence-corrected chi connectivity index (χ1v) is 9.67. The molecule has 1 aliphatic rings. The third kappa shape index (κ3) is 4.30. The molecule has 2 aromatic carbocycles. The van der Waals surface area contributed by atoms with E-state index in [0.29, 0.717) is 11.4 Å². The van der Waals surface area contributed by atoms with Gasteiger partial charge in [-0.2, -0.15) is 0 Å². The van der Waals surface area contributed by atoms with Crippen molar-refractivity contribution in [1.82, 2.24) is 0 Å². The second-order valence-corrected chi connectivity index (χ2v) is 8.87. The predicted octanol–water partition coefficient (Wildman–Crippen LogP) is 3.83. The van der Waals surface area contributed by atoms with E-state index in [4.69, 9.17) is 4.74 Å². The molecule has 3 rings (SSSR count). The number of carbonyl (C=O) groups excluding carboxylic acids is 2. The van der Waals surface area contributed by atoms with Crippen molar-refractivity contribution < 1.29 is 24.2 Å². The minimum atomic E-state index is -1.22. The fourth-order valence-electron chi connectivity index (χ4n) is 3.26. The Kier molecular flexibility index (Phi) is 5.33. The lowest BCUT2D eigenvalue weighted by atomic mass is 9.87. The van der Waals surface area contributed by atoms with Crippen LogP contribution in [0.15, 0.2) is 42.5 Å². The van der Waals surface area contributed by atoms with Crippen molar-refractivity contribution in [1.29, 1.82) is 0 Å². The van der Waals surface area contributed by atoms with E-state index in [1.807, 2.05) is 24.3 Å². The summed E-state index contributed by atoms with van der Waals surface area (Å²) < 4.78 is 5.71. The molecule has 1 heterocycles. The van der Waals surface area contributed by atoms with Gasteiger partial charge < -0.3 is 15.2 Å². The van der Waals surface area contributed by atoms with Crippen molar-refractivity contribution in [3.05, 3.63) is 53.6 Å². The van der Waals surface area contributed by atoms with Crippen molar-refractivity contribution in [2.24, 2.45) is 0 Å². The van der Waals surface area contributed by atoms with Gasteiger partial charge in [0.15, 0.2) is 5.60 Å². The Morgan fingerprint density at radius 1 is 1.10 bits per heavy atom. The summed E-state index contributed by atoms with van der Waals surface area (Å²) in [5.74, 6) is -1.59. The van der Waals surface area contributed by atoms with Crippen molar-refractivity contribution in [2.75, 3.05) is 16.8 Å². The lowest BCUT2D eigenvalue weighted by Crippen LogP contribution is -2.54. The molecule has 0 atom stereocenters. The molecule has 0 saturated heterocycles. The summed E-state index contributed by atoms with van der Waals surface area (Å²) in [4.78, 5) is 38.1. The van der Waals surface area contributed by atoms with Gasteiger partial charge in [0.05, 0.1) is 11.3 Å². The number of nitrogens with zero attached hydrogens (tertiary/aromatic N) is 1. The molecule has 1 aliphatic heterocycles. The monoisotopic (exact) mass is 410 g/mol. The number of benzene rings is 2. The van der Waals surface area contributed by atoms with Gasteiger partial charge in [-0.15, -0.1) is 0 Å². The van der Waals surface area contributed by atoms with Crippen molar-refractivity contribution in [3.8, 4) is 5.75 Å². The first-order chi connectivity index (χ1) is 13.9. The van der Waals surface area contributed by atoms with Crippen LogP contribution in [0.1, 0.15) is 50.5 Å². The Hall–Kier alpha value is -3.35. The normalized spacial score (nSPS) is 15.2. The van der Waals surface area contributed by atoms with Crippen LogP contribution in [0.25, 0.3) is 0 Å². The number of carboxylic acid groups (broad SMARTS) is 1. The number of nitrogens with one attached hydrogen (secondary N) is 1. The first kappa shape index (κ1) is 21.4. The Morgan fingerprint density at radius 2 is 1.73 bits per heavy atom. The smallest absolute Gasteiger partial charge is 0.335 e. The highest BCUT2D eigenvalue weighted by atomic mass is 16.5. The van der Waals surface area contributed by atoms with Crippen LogP contribution in [0.2, 0.25) is 0 Å². The largest absolute Gasteiger partial charge is 0.478 e. The van der Waals surface area contributed by atoms with E-state index in [1.165, 1.54) is 23.1 Å². The summed E-state index contributed by atoms with van der Waals surface area (Å²) in [6.45, 7) is 9.29. The van der Waals surface area contributed by atoms with Crippen molar-refractivity contribution >= 4 is 29.2 Å². The number of carbonyl (C=O) groups is 3. The standard InChI is InChI=1S/C23H26N2O5/c1-22(2,3)15-7-9-16(10-8-15)24-19(26)13-25-17-11-6-14(20(27)28)12-18(17)30-23(4,5)21(25)29/h6-12H,13H2,1-5H3,(H,24,26)(H,27,28). The van der Waals surface area contributed by atoms with Crippen LogP contribution in [0, 0.1) is 0 Å². The number of hydrogen-bond donors (Lipinski definition) is 2. The molecule has 2 N–H and O–H groups in total. The summed E-state index contributed by atoms with van der Waals surface area (Å²) in [5, 5.41) is 12.0. The van der Waals surface area contributed by atoms with E-state index in [0.717, 1.165) is 5.56 Å². The van der Waals surface area contributed by atoms with Gasteiger partial charge in [0, 0.05) is 5.69 Å². The predicted molar refractivity (Wildman–Crippen MR) is 114 cm³/mol. The minimum Gasteiger partial charge on any atom is -0.478 e. The number of anilines is 2. The number of amides is 2. The van der Waals surface area contributed by atoms with Crippen molar-refractivity contribution in [3.63, 3.8) is 0 Å². The number of fused-ring (bicyclic) bond motifs is 1. The molecular weight excluding hydrogens is 384 g/mol. The number of hydrogen-bond acceptors (Lipinski definition) is 4. The van der Waals surface area contributed by atoms with Crippen molar-refractivity contribution in [2.45, 2.75) is 45.6 Å². The van der Waals surface area contributed by atoms with E-state index in [1.54, 1.807) is 13.8 Å². The fraction of sp³-hybridized carbons (Fsp3) is 0.348. The van der Waals surface area contributed by atoms with Gasteiger partial charge in [-0.05, 0) is 55.2 Å². The highest BCUT2D eigenvalue weighted by Crippen LogP contribution is 2.38. The van der Waals surface area contributed by atoms with Gasteiger partial charge in [-0.1, -0.05) is 32.9 Å². The maximum Gasteiger partial charge on any atom is 0.335 e. The first-order valence-electron chi connectivity index (χ1n) is 9.67. The van der Waals surface area contributed by atoms with Crippen LogP contribution in [0.3, 0.4) is 0 Å². The van der Waals surface area contributed by atoms with Gasteiger partial charge in [-0.3, -0.25) is 14.5 Å². The summed E-state index contributed by atoms with van der Waals surface area (Å²) >= 11 is 0. The number of ether oxygens (including phenoxy) is 1. The van der Waals surface area contributed by atoms with Crippen LogP contribution in [0.5, 0.6) is 5.75 Å². The molecule has 0 bridgehead atoms. The Morgan fingerprint density at radius 3 is 2.30 bits per heavy atom. The summed E-state index contributed by atoms with van der Waals surface area (Å²) in [5.41, 5.74) is 0.971. The Labute approximate surface area is 175 Å². The van der Waals surface area contributed by atoms with Gasteiger partial charge in [0.1, 0.15) is 12.3 Å². The number of aromatic carboxylic acids is 1. The molecule has 0 fully saturated rings. The fourth-order valence-corrected chi connectivity index (χ4v) is 3.26. The summed E-state index contributed by atoms with van der Waals surface area (Å²) in [6.07, 6.45) is 0. The SMILES string of the molecule is CC1(C)Oc2cc(C(=O)O)ccc2N(CC(=O)Nc2ccc(C(C)(C)C)cc2)C1=O. The number of rotatable bonds is 4. The van der Waals surface area contributed by atoms with Gasteiger partial charge in [-0.25, -0.2) is 4.79 Å². The lowest BCUT2D eigenvalue weighted by molar-refractivity contribution is -0.133. The van der Waals surface area contributed by atoms with E-state index >= 15 is 0 Å². The van der Waals surface area contributed by atoms with E-state index in [9.17, 15) is 19.5 Å². The summed E-state index contributed by atoms with van der Waals surface area (Å²) in [7, 11) is 0. The Bertz CT molecular complexity index is 1000. The van der Waals surface area contributed by atoms with E-state index in [-0.39, 0.29) is 35.1 Å². The van der Waals surface area contributed by atoms with Crippen LogP contribution < -0.4 is 15.0 Å². The molecule has 158 valence electrons. The average molecular weight is 410 g/mol. The zero-order valence-corrected chi connectivity index (χ0v) is 17.8. The van der Waals surface area contributed by atoms with Crippen LogP contribution in [-0.2, 0) is 15.0 Å². The lowest BCUT2D eigenvalue weighted by Gasteiger charge is -2.38. The molecule has 0 aromatic heterocycles. The highest BCUT2D eigenvalue weighted by molar-refractivity contribution is 6.08. The molecule has 0 saturated carbocycles. The maximum absolute atomic E-state index is 12.9. The molecule has 0 aliphatic carbocycles. The molecule has 7 nitrogen and oxygen atoms in total. The van der Waals surface area contributed by atoms with Crippen LogP contribution >= 0.6 is 0 Å². The Balaban J connectivity index is 1.82. The highest BCUT2D eigenvalue weighted by Gasteiger charge is 2.41. The molecule has 0 spiro atoms. The van der Waals surface area contributed by atoms with Crippen LogP contribution in [0.4, 0.5) is 11.4 Å². The molecule has 7 heteroatoms. The number of carboxylic acids is 1. The third-order valence-electron chi connectivity index (χ3n) is 4.96. The van der Waals surface area contributed by atoms with Gasteiger partial charge in [0.25, 0.3) is 5.91 Å².